The second-order valence-electron chi connectivity index (χ2n) is 3.68. The Hall–Kier alpha value is -1.94. The van der Waals surface area contributed by atoms with Crippen molar-refractivity contribution >= 4 is 23.8 Å². The van der Waals surface area contributed by atoms with E-state index in [1.54, 1.807) is 6.20 Å². The van der Waals surface area contributed by atoms with Gasteiger partial charge in [0.05, 0.1) is 0 Å². The number of hydrogen-bond acceptors (Lipinski definition) is 2. The lowest BCUT2D eigenvalue weighted by Gasteiger charge is -2.04. The molecule has 1 aromatic carbocycles. The van der Waals surface area contributed by atoms with Gasteiger partial charge in [0.2, 0.25) is 5.91 Å². The van der Waals surface area contributed by atoms with E-state index in [0.717, 1.165) is 21.3 Å². The summed E-state index contributed by atoms with van der Waals surface area (Å²) < 4.78 is 0.802. The zero-order valence-corrected chi connectivity index (χ0v) is 10.2. The number of benzene rings is 1. The van der Waals surface area contributed by atoms with E-state index in [1.165, 1.54) is 6.92 Å². The first-order valence-corrected chi connectivity index (χ1v) is 5.63. The van der Waals surface area contributed by atoms with Crippen molar-refractivity contribution in [2.75, 3.05) is 5.32 Å². The summed E-state index contributed by atoms with van der Waals surface area (Å²) in [6.45, 7) is 1.49. The highest BCUT2D eigenvalue weighted by Gasteiger charge is 2.00. The highest BCUT2D eigenvalue weighted by Crippen LogP contribution is 2.21. The lowest BCUT2D eigenvalue weighted by molar-refractivity contribution is -0.114. The number of H-pyrrole nitrogens is 1. The molecule has 2 aromatic rings. The summed E-state index contributed by atoms with van der Waals surface area (Å²) in [5, 5.41) is 2.73. The number of anilines is 1. The Bertz CT molecular complexity index is 587. The lowest BCUT2D eigenvalue weighted by atomic mass is 10.1. The molecule has 3 nitrogen and oxygen atoms in total. The maximum atomic E-state index is 10.9. The Balaban J connectivity index is 2.33. The molecule has 0 unspecified atom stereocenters. The van der Waals surface area contributed by atoms with Crippen molar-refractivity contribution in [3.63, 3.8) is 0 Å². The van der Waals surface area contributed by atoms with Gasteiger partial charge in [0.15, 0.2) is 0 Å². The smallest absolute Gasteiger partial charge is 0.221 e. The Kier molecular flexibility index (Phi) is 3.35. The van der Waals surface area contributed by atoms with Crippen LogP contribution in [0, 0.1) is 4.51 Å². The molecule has 0 fully saturated rings. The normalized spacial score (nSPS) is 9.94. The van der Waals surface area contributed by atoms with Gasteiger partial charge >= 0.3 is 0 Å². The predicted octanol–water partition coefficient (Wildman–Crippen LogP) is 3.37. The Labute approximate surface area is 105 Å². The lowest BCUT2D eigenvalue weighted by Crippen LogP contribution is -2.05. The summed E-state index contributed by atoms with van der Waals surface area (Å²) in [6, 6.07) is 9.44. The zero-order valence-electron chi connectivity index (χ0n) is 9.36. The summed E-state index contributed by atoms with van der Waals surface area (Å²) in [5.74, 6) is -0.0743. The number of hydrogen-bond donors (Lipinski definition) is 2. The molecule has 17 heavy (non-hydrogen) atoms. The second kappa shape index (κ2) is 4.93. The number of pyridine rings is 1. The molecule has 0 bridgehead atoms. The molecule has 0 aliphatic rings. The largest absolute Gasteiger partial charge is 0.367 e. The molecule has 0 aliphatic carbocycles. The van der Waals surface area contributed by atoms with Crippen LogP contribution in [0.4, 0.5) is 5.69 Å². The highest BCUT2D eigenvalue weighted by molar-refractivity contribution is 7.71. The van der Waals surface area contributed by atoms with Gasteiger partial charge in [0.25, 0.3) is 0 Å². The highest BCUT2D eigenvalue weighted by atomic mass is 32.1. The average molecular weight is 244 g/mol. The van der Waals surface area contributed by atoms with Crippen LogP contribution >= 0.6 is 12.2 Å². The predicted molar refractivity (Wildman–Crippen MR) is 71.4 cm³/mol. The van der Waals surface area contributed by atoms with Crippen LogP contribution in [0.15, 0.2) is 42.7 Å². The van der Waals surface area contributed by atoms with Crippen molar-refractivity contribution in [3.8, 4) is 11.1 Å². The van der Waals surface area contributed by atoms with Crippen LogP contribution in [-0.4, -0.2) is 10.9 Å². The van der Waals surface area contributed by atoms with Crippen LogP contribution in [0.1, 0.15) is 6.92 Å². The van der Waals surface area contributed by atoms with Gasteiger partial charge in [0.1, 0.15) is 0 Å². The Morgan fingerprint density at radius 2 is 1.94 bits per heavy atom. The van der Waals surface area contributed by atoms with Gasteiger partial charge in [-0.3, -0.25) is 4.79 Å². The summed E-state index contributed by atoms with van der Waals surface area (Å²) in [7, 11) is 0. The molecule has 4 heteroatoms. The molecule has 86 valence electrons. The first kappa shape index (κ1) is 11.5. The summed E-state index contributed by atoms with van der Waals surface area (Å²) >= 11 is 5.25. The van der Waals surface area contributed by atoms with E-state index in [2.05, 4.69) is 10.3 Å². The van der Waals surface area contributed by atoms with Gasteiger partial charge in [-0.05, 0) is 23.8 Å². The van der Waals surface area contributed by atoms with Gasteiger partial charge in [-0.2, -0.15) is 0 Å². The van der Waals surface area contributed by atoms with Crippen molar-refractivity contribution < 1.29 is 4.79 Å². The van der Waals surface area contributed by atoms with Crippen LogP contribution < -0.4 is 5.32 Å². The molecule has 0 aliphatic heterocycles. The van der Waals surface area contributed by atoms with Crippen LogP contribution in [0.5, 0.6) is 0 Å². The van der Waals surface area contributed by atoms with E-state index >= 15 is 0 Å². The molecule has 2 N–H and O–H groups in total. The maximum Gasteiger partial charge on any atom is 0.221 e. The molecule has 0 radical (unpaired) electrons. The third-order valence-electron chi connectivity index (χ3n) is 2.34. The quantitative estimate of drug-likeness (QED) is 0.795. The number of aromatic nitrogens is 1. The molecule has 1 heterocycles. The SMILES string of the molecule is CC(=O)Nc1ccc(-c2c[nH]ccc2=S)cc1. The van der Waals surface area contributed by atoms with E-state index in [0.29, 0.717) is 0 Å². The van der Waals surface area contributed by atoms with Crippen LogP contribution in [0.25, 0.3) is 11.1 Å². The van der Waals surface area contributed by atoms with Gasteiger partial charge in [-0.25, -0.2) is 0 Å². The number of rotatable bonds is 2. The minimum Gasteiger partial charge on any atom is -0.367 e. The monoisotopic (exact) mass is 244 g/mol. The summed E-state index contributed by atoms with van der Waals surface area (Å²) in [5.41, 5.74) is 2.80. The molecule has 0 spiro atoms. The average Bonchev–Trinajstić information content (AvgIpc) is 2.30. The van der Waals surface area contributed by atoms with Crippen LogP contribution in [-0.2, 0) is 4.79 Å². The number of nitrogens with one attached hydrogen (secondary N) is 2. The van der Waals surface area contributed by atoms with Crippen molar-refractivity contribution in [2.24, 2.45) is 0 Å². The van der Waals surface area contributed by atoms with Gasteiger partial charge in [-0.1, -0.05) is 24.4 Å². The number of carbonyl (C=O) groups excluding carboxylic acids is 1. The zero-order chi connectivity index (χ0) is 12.3. The molecule has 0 saturated heterocycles. The van der Waals surface area contributed by atoms with Gasteiger partial charge < -0.3 is 10.3 Å². The molecular weight excluding hydrogens is 232 g/mol. The van der Waals surface area contributed by atoms with E-state index in [4.69, 9.17) is 12.2 Å². The molecule has 2 rings (SSSR count). The fourth-order valence-corrected chi connectivity index (χ4v) is 1.82. The van der Waals surface area contributed by atoms with Crippen LogP contribution in [0.3, 0.4) is 0 Å². The van der Waals surface area contributed by atoms with E-state index in [1.807, 2.05) is 36.5 Å². The van der Waals surface area contributed by atoms with Gasteiger partial charge in [-0.15, -0.1) is 0 Å². The first-order chi connectivity index (χ1) is 8.16. The third kappa shape index (κ3) is 2.79. The topological polar surface area (TPSA) is 44.9 Å². The summed E-state index contributed by atoms with van der Waals surface area (Å²) in [6.07, 6.45) is 3.67. The van der Waals surface area contributed by atoms with Crippen molar-refractivity contribution in [3.05, 3.63) is 47.2 Å². The standard InChI is InChI=1S/C13H12N2OS/c1-9(16)15-11-4-2-10(3-5-11)12-8-14-7-6-13(12)17/h2-8H,1H3,(H,14,17)(H,15,16). The molecule has 1 aromatic heterocycles. The molecule has 0 atom stereocenters. The fraction of sp³-hybridized carbons (Fsp3) is 0.0769. The minimum absolute atomic E-state index is 0.0743. The van der Waals surface area contributed by atoms with Gasteiger partial charge in [0, 0.05) is 35.1 Å². The summed E-state index contributed by atoms with van der Waals surface area (Å²) in [4.78, 5) is 13.9. The van der Waals surface area contributed by atoms with E-state index < -0.39 is 0 Å². The Morgan fingerprint density at radius 1 is 1.24 bits per heavy atom. The number of amides is 1. The van der Waals surface area contributed by atoms with Crippen molar-refractivity contribution in [1.82, 2.24) is 4.98 Å². The van der Waals surface area contributed by atoms with Crippen molar-refractivity contribution in [2.45, 2.75) is 6.92 Å². The first-order valence-electron chi connectivity index (χ1n) is 5.22. The van der Waals surface area contributed by atoms with Crippen molar-refractivity contribution in [1.29, 1.82) is 0 Å². The fourth-order valence-electron chi connectivity index (χ4n) is 1.58. The van der Waals surface area contributed by atoms with Crippen LogP contribution in [0.2, 0.25) is 0 Å². The number of aromatic amines is 1. The van der Waals surface area contributed by atoms with E-state index in [-0.39, 0.29) is 5.91 Å². The Morgan fingerprint density at radius 3 is 2.53 bits per heavy atom. The molecule has 0 saturated carbocycles. The molecule has 1 amide bonds. The minimum atomic E-state index is -0.0743. The maximum absolute atomic E-state index is 10.9. The number of carbonyl (C=O) groups is 1. The third-order valence-corrected chi connectivity index (χ3v) is 2.70. The van der Waals surface area contributed by atoms with E-state index in [9.17, 15) is 4.79 Å². The second-order valence-corrected chi connectivity index (χ2v) is 4.12. The molecular formula is C13H12N2OS.